The fourth-order valence-corrected chi connectivity index (χ4v) is 4.46. The van der Waals surface area contributed by atoms with E-state index < -0.39 is 11.6 Å². The largest absolute Gasteiger partial charge is 1.00 e. The van der Waals surface area contributed by atoms with Crippen molar-refractivity contribution in [3.63, 3.8) is 0 Å². The average Bonchev–Trinajstić information content (AvgIpc) is 2.86. The molecule has 1 aliphatic carbocycles. The number of halogens is 3. The average molecular weight is 595 g/mol. The molecular formula is C26H28F2IN3O3. The maximum Gasteiger partial charge on any atom is 0.228 e. The van der Waals surface area contributed by atoms with E-state index in [0.717, 1.165) is 37.8 Å². The molecule has 0 spiro atoms. The number of anilines is 1. The van der Waals surface area contributed by atoms with E-state index in [1.807, 2.05) is 19.3 Å². The highest BCUT2D eigenvalue weighted by Gasteiger charge is 2.31. The van der Waals surface area contributed by atoms with Gasteiger partial charge in [0.05, 0.1) is 6.20 Å². The number of aromatic nitrogens is 2. The van der Waals surface area contributed by atoms with Crippen LogP contribution >= 0.6 is 0 Å². The summed E-state index contributed by atoms with van der Waals surface area (Å²) in [6, 6.07) is 10.4. The third-order valence-corrected chi connectivity index (χ3v) is 6.45. The number of nitrogens with one attached hydrogen (secondary N) is 1. The van der Waals surface area contributed by atoms with Gasteiger partial charge in [-0.25, -0.2) is 13.8 Å². The summed E-state index contributed by atoms with van der Waals surface area (Å²) in [4.78, 5) is 22.3. The number of benzene rings is 1. The zero-order chi connectivity index (χ0) is 24.1. The smallest absolute Gasteiger partial charge is 0.228 e. The molecule has 2 aromatic heterocycles. The SMILES string of the molecule is CO[n+]1ccc([C@@H]2CCC[C@H]([C@@H](C)C(=O)Nc3ccc(Oc4ccc(F)cc4F)cn3)C2)cc1.[I-]. The van der Waals surface area contributed by atoms with E-state index in [-0.39, 0.29) is 53.2 Å². The number of carbonyl (C=O) groups excluding carboxylic acids is 1. The summed E-state index contributed by atoms with van der Waals surface area (Å²) < 4.78 is 33.9. The van der Waals surface area contributed by atoms with E-state index in [4.69, 9.17) is 9.57 Å². The number of pyridine rings is 2. The van der Waals surface area contributed by atoms with E-state index in [9.17, 15) is 13.6 Å². The van der Waals surface area contributed by atoms with Crippen molar-refractivity contribution in [2.45, 2.75) is 38.5 Å². The summed E-state index contributed by atoms with van der Waals surface area (Å²) in [5.41, 5.74) is 1.26. The minimum absolute atomic E-state index is 0. The van der Waals surface area contributed by atoms with E-state index in [1.54, 1.807) is 24.0 Å². The Kier molecular flexibility index (Phi) is 9.36. The molecule has 4 rings (SSSR count). The number of ether oxygens (including phenoxy) is 1. The van der Waals surface area contributed by atoms with Crippen LogP contribution in [0.5, 0.6) is 11.5 Å². The topological polar surface area (TPSA) is 64.3 Å². The van der Waals surface area contributed by atoms with Crippen LogP contribution in [-0.4, -0.2) is 18.0 Å². The quantitative estimate of drug-likeness (QED) is 0.336. The molecule has 186 valence electrons. The van der Waals surface area contributed by atoms with Crippen molar-refractivity contribution in [2.75, 3.05) is 12.4 Å². The lowest BCUT2D eigenvalue weighted by Crippen LogP contribution is -3.00. The van der Waals surface area contributed by atoms with Gasteiger partial charge in [-0.05, 0) is 60.9 Å². The Labute approximate surface area is 220 Å². The first-order valence-corrected chi connectivity index (χ1v) is 11.4. The minimum atomic E-state index is -0.801. The van der Waals surface area contributed by atoms with Crippen LogP contribution in [0.15, 0.2) is 61.1 Å². The molecule has 0 unspecified atom stereocenters. The molecule has 0 radical (unpaired) electrons. The molecule has 1 fully saturated rings. The number of nitrogens with zero attached hydrogens (tertiary/aromatic N) is 2. The van der Waals surface area contributed by atoms with E-state index in [0.29, 0.717) is 11.7 Å². The lowest BCUT2D eigenvalue weighted by molar-refractivity contribution is -0.885. The van der Waals surface area contributed by atoms with Crippen LogP contribution < -0.4 is 43.6 Å². The first-order valence-electron chi connectivity index (χ1n) is 11.4. The Balaban J connectivity index is 0.00000342. The monoisotopic (exact) mass is 595 g/mol. The Morgan fingerprint density at radius 3 is 2.57 bits per heavy atom. The van der Waals surface area contributed by atoms with Gasteiger partial charge in [0.25, 0.3) is 0 Å². The molecule has 1 N–H and O–H groups in total. The Morgan fingerprint density at radius 1 is 1.14 bits per heavy atom. The molecular weight excluding hydrogens is 567 g/mol. The van der Waals surface area contributed by atoms with Crippen LogP contribution in [0.1, 0.15) is 44.1 Å². The van der Waals surface area contributed by atoms with Crippen LogP contribution in [0.3, 0.4) is 0 Å². The fraction of sp³-hybridized carbons (Fsp3) is 0.346. The molecule has 35 heavy (non-hydrogen) atoms. The number of rotatable bonds is 7. The van der Waals surface area contributed by atoms with Gasteiger partial charge in [0.15, 0.2) is 11.6 Å². The summed E-state index contributed by atoms with van der Waals surface area (Å²) in [5, 5.41) is 2.87. The highest BCUT2D eigenvalue weighted by Crippen LogP contribution is 2.39. The maximum atomic E-state index is 13.8. The van der Waals surface area contributed by atoms with Crippen LogP contribution in [0.4, 0.5) is 14.6 Å². The number of carbonyl (C=O) groups is 1. The predicted octanol–water partition coefficient (Wildman–Crippen LogP) is 2.05. The Hall–Kier alpha value is -2.82. The van der Waals surface area contributed by atoms with Crippen LogP contribution in [0.2, 0.25) is 0 Å². The van der Waals surface area contributed by atoms with Crippen molar-refractivity contribution >= 4 is 11.7 Å². The van der Waals surface area contributed by atoms with Gasteiger partial charge in [-0.2, -0.15) is 0 Å². The van der Waals surface area contributed by atoms with Crippen LogP contribution in [0.25, 0.3) is 0 Å². The first kappa shape index (κ1) is 26.8. The molecule has 0 aliphatic heterocycles. The van der Waals surface area contributed by atoms with Gasteiger partial charge in [-0.15, -0.1) is 0 Å². The lowest BCUT2D eigenvalue weighted by atomic mass is 9.73. The molecule has 6 nitrogen and oxygen atoms in total. The van der Waals surface area contributed by atoms with E-state index in [1.165, 1.54) is 17.8 Å². The number of hydrogen-bond donors (Lipinski definition) is 1. The van der Waals surface area contributed by atoms with Crippen molar-refractivity contribution in [2.24, 2.45) is 11.8 Å². The van der Waals surface area contributed by atoms with Crippen molar-refractivity contribution < 1.29 is 51.9 Å². The second kappa shape index (κ2) is 12.2. The number of amides is 1. The highest BCUT2D eigenvalue weighted by atomic mass is 127. The highest BCUT2D eigenvalue weighted by molar-refractivity contribution is 5.91. The third kappa shape index (κ3) is 6.87. The summed E-state index contributed by atoms with van der Waals surface area (Å²) in [6.45, 7) is 1.96. The molecule has 1 amide bonds. The zero-order valence-corrected chi connectivity index (χ0v) is 21.7. The van der Waals surface area contributed by atoms with Gasteiger partial charge in [0, 0.05) is 28.8 Å². The summed E-state index contributed by atoms with van der Waals surface area (Å²) >= 11 is 0. The fourth-order valence-electron chi connectivity index (χ4n) is 4.46. The molecule has 2 heterocycles. The third-order valence-electron chi connectivity index (χ3n) is 6.45. The standard InChI is InChI=1S/C26H27F2N3O3.HI/c1-17(19-4-3-5-20(14-19)18-10-12-31(33-2)13-11-18)26(32)30-25-9-7-22(16-29-25)34-24-8-6-21(27)15-23(24)28;/h6-13,15-17,19-20H,3-5,14H2,1-2H3;1H/t17-,19+,20-;/m1./s1. The second-order valence-electron chi connectivity index (χ2n) is 8.63. The molecule has 3 aromatic rings. The van der Waals surface area contributed by atoms with Crippen molar-refractivity contribution in [1.82, 2.24) is 4.98 Å². The minimum Gasteiger partial charge on any atom is -1.00 e. The molecule has 3 atom stereocenters. The number of hydrogen-bond acceptors (Lipinski definition) is 4. The second-order valence-corrected chi connectivity index (χ2v) is 8.63. The van der Waals surface area contributed by atoms with Crippen molar-refractivity contribution in [1.29, 1.82) is 0 Å². The molecule has 9 heteroatoms. The Morgan fingerprint density at radius 2 is 1.91 bits per heavy atom. The molecule has 0 bridgehead atoms. The van der Waals surface area contributed by atoms with E-state index in [2.05, 4.69) is 22.4 Å². The normalized spacial score (nSPS) is 18.2. The molecule has 0 saturated heterocycles. The van der Waals surface area contributed by atoms with Crippen LogP contribution in [0, 0.1) is 23.5 Å². The van der Waals surface area contributed by atoms with Crippen molar-refractivity contribution in [3.05, 3.63) is 78.3 Å². The maximum absolute atomic E-state index is 13.8. The van der Waals surface area contributed by atoms with Gasteiger partial charge in [-0.3, -0.25) is 9.63 Å². The zero-order valence-electron chi connectivity index (χ0n) is 19.6. The van der Waals surface area contributed by atoms with Gasteiger partial charge >= 0.3 is 0 Å². The molecule has 1 aromatic carbocycles. The van der Waals surface area contributed by atoms with Gasteiger partial charge in [0.1, 0.15) is 24.5 Å². The van der Waals surface area contributed by atoms with E-state index >= 15 is 0 Å². The summed E-state index contributed by atoms with van der Waals surface area (Å²) in [5.74, 6) is -0.459. The summed E-state index contributed by atoms with van der Waals surface area (Å²) in [7, 11) is 1.62. The lowest BCUT2D eigenvalue weighted by Gasteiger charge is -2.32. The Bertz CT molecular complexity index is 1130. The predicted molar refractivity (Wildman–Crippen MR) is 122 cm³/mol. The van der Waals surface area contributed by atoms with Crippen LogP contribution in [-0.2, 0) is 4.79 Å². The van der Waals surface area contributed by atoms with Gasteiger partial charge in [-0.1, -0.05) is 13.3 Å². The summed E-state index contributed by atoms with van der Waals surface area (Å²) in [6.07, 6.45) is 9.35. The van der Waals surface area contributed by atoms with Crippen molar-refractivity contribution in [3.8, 4) is 11.5 Å². The van der Waals surface area contributed by atoms with Gasteiger partial charge < -0.3 is 34.0 Å². The van der Waals surface area contributed by atoms with Gasteiger partial charge in [0.2, 0.25) is 18.3 Å². The molecule has 1 aliphatic rings. The molecule has 1 saturated carbocycles. The first-order chi connectivity index (χ1) is 16.4.